The summed E-state index contributed by atoms with van der Waals surface area (Å²) in [6, 6.07) is 12.8. The van der Waals surface area contributed by atoms with E-state index in [0.29, 0.717) is 18.0 Å². The van der Waals surface area contributed by atoms with Crippen molar-refractivity contribution < 1.29 is 9.21 Å². The Labute approximate surface area is 151 Å². The van der Waals surface area contributed by atoms with Gasteiger partial charge in [-0.2, -0.15) is 5.10 Å². The van der Waals surface area contributed by atoms with E-state index in [1.807, 2.05) is 25.1 Å². The van der Waals surface area contributed by atoms with Crippen LogP contribution in [0.1, 0.15) is 23.3 Å². The van der Waals surface area contributed by atoms with Gasteiger partial charge in [0, 0.05) is 18.1 Å². The number of carbonyl (C=O) groups is 1. The molecule has 0 atom stereocenters. The molecule has 0 saturated carbocycles. The van der Waals surface area contributed by atoms with E-state index in [-0.39, 0.29) is 24.4 Å². The van der Waals surface area contributed by atoms with Crippen LogP contribution >= 0.6 is 0 Å². The maximum absolute atomic E-state index is 12.0. The molecule has 0 spiro atoms. The van der Waals surface area contributed by atoms with Crippen LogP contribution in [0.4, 0.5) is 0 Å². The van der Waals surface area contributed by atoms with Crippen LogP contribution in [0.15, 0.2) is 57.9 Å². The van der Waals surface area contributed by atoms with E-state index >= 15 is 0 Å². The summed E-state index contributed by atoms with van der Waals surface area (Å²) in [4.78, 5) is 24.0. The monoisotopic (exact) mass is 351 g/mol. The van der Waals surface area contributed by atoms with Crippen molar-refractivity contribution in [2.24, 2.45) is 0 Å². The van der Waals surface area contributed by atoms with Crippen molar-refractivity contribution in [2.45, 2.75) is 33.4 Å². The number of amides is 1. The van der Waals surface area contributed by atoms with Gasteiger partial charge in [0.15, 0.2) is 0 Å². The molecule has 1 amide bonds. The largest absolute Gasteiger partial charge is 0.467 e. The molecule has 0 aliphatic carbocycles. The van der Waals surface area contributed by atoms with Gasteiger partial charge in [0.05, 0.1) is 25.0 Å². The van der Waals surface area contributed by atoms with Gasteiger partial charge in [-0.3, -0.25) is 9.59 Å². The molecule has 0 unspecified atom stereocenters. The molecule has 6 heteroatoms. The fraction of sp³-hybridized carbons (Fsp3) is 0.250. The Kier molecular flexibility index (Phi) is 5.31. The number of rotatable bonds is 6. The lowest BCUT2D eigenvalue weighted by Crippen LogP contribution is -2.28. The van der Waals surface area contributed by atoms with E-state index in [1.165, 1.54) is 21.9 Å². The minimum absolute atomic E-state index is 0.160. The van der Waals surface area contributed by atoms with Crippen LogP contribution in [0.3, 0.4) is 0 Å². The maximum atomic E-state index is 12.0. The Morgan fingerprint density at radius 2 is 2.00 bits per heavy atom. The van der Waals surface area contributed by atoms with Crippen molar-refractivity contribution in [3.8, 4) is 11.3 Å². The summed E-state index contributed by atoms with van der Waals surface area (Å²) in [5, 5.41) is 7.16. The smallest absolute Gasteiger partial charge is 0.266 e. The van der Waals surface area contributed by atoms with Gasteiger partial charge in [-0.15, -0.1) is 0 Å². The number of benzene rings is 1. The van der Waals surface area contributed by atoms with Crippen molar-refractivity contribution >= 4 is 5.91 Å². The van der Waals surface area contributed by atoms with Crippen LogP contribution in [0, 0.1) is 13.8 Å². The van der Waals surface area contributed by atoms with Crippen LogP contribution in [-0.2, 0) is 17.9 Å². The fourth-order valence-corrected chi connectivity index (χ4v) is 2.56. The Morgan fingerprint density at radius 3 is 2.73 bits per heavy atom. The van der Waals surface area contributed by atoms with Gasteiger partial charge in [0.2, 0.25) is 5.91 Å². The number of nitrogens with one attached hydrogen (secondary N) is 1. The Morgan fingerprint density at radius 1 is 1.15 bits per heavy atom. The molecule has 1 aromatic carbocycles. The van der Waals surface area contributed by atoms with Crippen LogP contribution in [0.25, 0.3) is 11.3 Å². The number of nitrogens with zero attached hydrogens (tertiary/aromatic N) is 2. The zero-order valence-corrected chi connectivity index (χ0v) is 14.9. The number of carbonyl (C=O) groups excluding carboxylic acids is 1. The zero-order chi connectivity index (χ0) is 18.5. The minimum atomic E-state index is -0.226. The number of aromatic nitrogens is 2. The average molecular weight is 351 g/mol. The molecule has 0 aliphatic rings. The number of aryl methyl sites for hydroxylation is 3. The summed E-state index contributed by atoms with van der Waals surface area (Å²) in [5.74, 6) is 0.525. The molecule has 3 rings (SSSR count). The number of hydrogen-bond donors (Lipinski definition) is 1. The molecule has 26 heavy (non-hydrogen) atoms. The summed E-state index contributed by atoms with van der Waals surface area (Å²) >= 11 is 0. The molecule has 2 aromatic heterocycles. The van der Waals surface area contributed by atoms with E-state index < -0.39 is 0 Å². The van der Waals surface area contributed by atoms with Gasteiger partial charge >= 0.3 is 0 Å². The quantitative estimate of drug-likeness (QED) is 0.741. The molecule has 3 aromatic rings. The van der Waals surface area contributed by atoms with Gasteiger partial charge in [-0.05, 0) is 49.2 Å². The maximum Gasteiger partial charge on any atom is 0.266 e. The van der Waals surface area contributed by atoms with Gasteiger partial charge in [-0.1, -0.05) is 12.1 Å². The average Bonchev–Trinajstić information content (AvgIpc) is 3.15. The van der Waals surface area contributed by atoms with E-state index in [2.05, 4.69) is 17.3 Å². The third kappa shape index (κ3) is 4.27. The second-order valence-electron chi connectivity index (χ2n) is 6.19. The summed E-state index contributed by atoms with van der Waals surface area (Å²) in [7, 11) is 0. The second-order valence-corrected chi connectivity index (χ2v) is 6.19. The first kappa shape index (κ1) is 17.7. The molecule has 134 valence electrons. The van der Waals surface area contributed by atoms with Crippen LogP contribution in [-0.4, -0.2) is 15.7 Å². The Balaban J connectivity index is 1.66. The molecule has 0 radical (unpaired) electrons. The van der Waals surface area contributed by atoms with Gasteiger partial charge in [0.25, 0.3) is 5.56 Å². The second kappa shape index (κ2) is 7.82. The predicted octanol–water partition coefficient (Wildman–Crippen LogP) is 2.83. The molecular weight excluding hydrogens is 330 g/mol. The first-order valence-corrected chi connectivity index (χ1v) is 8.48. The fourth-order valence-electron chi connectivity index (χ4n) is 2.56. The highest BCUT2D eigenvalue weighted by molar-refractivity contribution is 5.75. The summed E-state index contributed by atoms with van der Waals surface area (Å²) in [6.07, 6.45) is 1.73. The summed E-state index contributed by atoms with van der Waals surface area (Å²) in [6.45, 7) is 4.64. The first-order valence-electron chi connectivity index (χ1n) is 8.48. The Hall–Kier alpha value is -3.15. The molecule has 2 heterocycles. The summed E-state index contributed by atoms with van der Waals surface area (Å²) < 4.78 is 6.50. The van der Waals surface area contributed by atoms with Crippen LogP contribution in [0.5, 0.6) is 0 Å². The first-order chi connectivity index (χ1) is 12.5. The van der Waals surface area contributed by atoms with E-state index in [9.17, 15) is 9.59 Å². The molecule has 1 N–H and O–H groups in total. The molecule has 0 aliphatic heterocycles. The van der Waals surface area contributed by atoms with Crippen molar-refractivity contribution in [1.82, 2.24) is 15.1 Å². The molecule has 0 fully saturated rings. The zero-order valence-electron chi connectivity index (χ0n) is 14.9. The highest BCUT2D eigenvalue weighted by Crippen LogP contribution is 2.19. The number of furan rings is 1. The topological polar surface area (TPSA) is 77.1 Å². The van der Waals surface area contributed by atoms with Crippen LogP contribution in [0.2, 0.25) is 0 Å². The molecule has 0 bridgehead atoms. The van der Waals surface area contributed by atoms with Crippen molar-refractivity contribution in [3.05, 3.63) is 76.0 Å². The van der Waals surface area contributed by atoms with Gasteiger partial charge < -0.3 is 9.73 Å². The summed E-state index contributed by atoms with van der Waals surface area (Å²) in [5.41, 5.74) is 3.80. The van der Waals surface area contributed by atoms with Crippen LogP contribution < -0.4 is 10.9 Å². The van der Waals surface area contributed by atoms with Gasteiger partial charge in [-0.25, -0.2) is 4.68 Å². The molecule has 0 saturated heterocycles. The highest BCUT2D eigenvalue weighted by Gasteiger charge is 2.08. The lowest BCUT2D eigenvalue weighted by molar-refractivity contribution is -0.121. The third-order valence-corrected chi connectivity index (χ3v) is 4.26. The third-order valence-electron chi connectivity index (χ3n) is 4.26. The minimum Gasteiger partial charge on any atom is -0.467 e. The normalized spacial score (nSPS) is 10.7. The van der Waals surface area contributed by atoms with E-state index in [0.717, 1.165) is 5.56 Å². The standard InChI is InChI=1S/C20H21N3O3/c1-14-5-6-16(12-15(14)2)18-7-8-20(25)23(22-18)10-9-19(24)21-13-17-4-3-11-26-17/h3-8,11-12H,9-10,13H2,1-2H3,(H,21,24). The number of hydrogen-bond acceptors (Lipinski definition) is 4. The lowest BCUT2D eigenvalue weighted by Gasteiger charge is -2.09. The SMILES string of the molecule is Cc1ccc(-c2ccc(=O)n(CCC(=O)NCc3ccco3)n2)cc1C. The Bertz CT molecular complexity index is 959. The van der Waals surface area contributed by atoms with E-state index in [1.54, 1.807) is 24.5 Å². The molecular formula is C20H21N3O3. The van der Waals surface area contributed by atoms with Crippen molar-refractivity contribution in [1.29, 1.82) is 0 Å². The van der Waals surface area contributed by atoms with Crippen molar-refractivity contribution in [2.75, 3.05) is 0 Å². The van der Waals surface area contributed by atoms with Crippen molar-refractivity contribution in [3.63, 3.8) is 0 Å². The lowest BCUT2D eigenvalue weighted by atomic mass is 10.0. The van der Waals surface area contributed by atoms with Gasteiger partial charge in [0.1, 0.15) is 5.76 Å². The predicted molar refractivity (Wildman–Crippen MR) is 98.6 cm³/mol. The molecule has 6 nitrogen and oxygen atoms in total. The van der Waals surface area contributed by atoms with E-state index in [4.69, 9.17) is 4.42 Å². The highest BCUT2D eigenvalue weighted by atomic mass is 16.3.